The number of hydrogen-bond acceptors (Lipinski definition) is 4. The van der Waals surface area contributed by atoms with Crippen molar-refractivity contribution in [3.63, 3.8) is 0 Å². The van der Waals surface area contributed by atoms with Gasteiger partial charge in [0.25, 0.3) is 0 Å². The molecule has 0 aliphatic rings. The van der Waals surface area contributed by atoms with Crippen LogP contribution in [0.5, 0.6) is 0 Å². The average molecular weight is 228 g/mol. The van der Waals surface area contributed by atoms with Crippen molar-refractivity contribution in [1.29, 1.82) is 5.26 Å². The number of hydrogen-bond donors (Lipinski definition) is 1. The molecule has 17 heavy (non-hydrogen) atoms. The number of rotatable bonds is 1. The van der Waals surface area contributed by atoms with E-state index >= 15 is 0 Å². The molecule has 4 nitrogen and oxygen atoms in total. The first kappa shape index (κ1) is 11.0. The second kappa shape index (κ2) is 4.18. The van der Waals surface area contributed by atoms with Crippen molar-refractivity contribution >= 4 is 5.82 Å². The van der Waals surface area contributed by atoms with Crippen molar-refractivity contribution in [2.24, 2.45) is 0 Å². The molecule has 0 atom stereocenters. The maximum Gasteiger partial charge on any atom is 0.161 e. The molecule has 0 fully saturated rings. The van der Waals surface area contributed by atoms with Gasteiger partial charge in [-0.15, -0.1) is 0 Å². The maximum absolute atomic E-state index is 13.2. The summed E-state index contributed by atoms with van der Waals surface area (Å²) in [6.45, 7) is 1.78. The summed E-state index contributed by atoms with van der Waals surface area (Å²) >= 11 is 0. The molecule has 0 saturated carbocycles. The first-order valence-electron chi connectivity index (χ1n) is 4.90. The molecule has 84 valence electrons. The zero-order valence-corrected chi connectivity index (χ0v) is 9.11. The summed E-state index contributed by atoms with van der Waals surface area (Å²) in [6, 6.07) is 6.37. The van der Waals surface area contributed by atoms with Gasteiger partial charge >= 0.3 is 0 Å². The standard InChI is InChI=1S/C12H9FN4/c1-7-2-8(4-10(13)3-7)12-16-6-9(5-14)11(15)17-12/h2-4,6H,1H3,(H2,15,16,17). The van der Waals surface area contributed by atoms with Crippen molar-refractivity contribution in [2.45, 2.75) is 6.92 Å². The Balaban J connectivity index is 2.54. The van der Waals surface area contributed by atoms with Crippen LogP contribution in [0.15, 0.2) is 24.4 Å². The van der Waals surface area contributed by atoms with E-state index in [4.69, 9.17) is 11.0 Å². The molecule has 0 radical (unpaired) electrons. The first-order valence-corrected chi connectivity index (χ1v) is 4.90. The van der Waals surface area contributed by atoms with Crippen LogP contribution in [0.3, 0.4) is 0 Å². The lowest BCUT2D eigenvalue weighted by atomic mass is 10.1. The van der Waals surface area contributed by atoms with E-state index in [0.29, 0.717) is 11.4 Å². The average Bonchev–Trinajstić information content (AvgIpc) is 2.27. The van der Waals surface area contributed by atoms with Crippen LogP contribution < -0.4 is 5.73 Å². The number of aryl methyl sites for hydroxylation is 1. The summed E-state index contributed by atoms with van der Waals surface area (Å²) in [5.41, 5.74) is 7.10. The Morgan fingerprint density at radius 3 is 2.71 bits per heavy atom. The molecule has 0 spiro atoms. The fourth-order valence-electron chi connectivity index (χ4n) is 1.49. The second-order valence-electron chi connectivity index (χ2n) is 3.62. The van der Waals surface area contributed by atoms with Crippen LogP contribution in [0.1, 0.15) is 11.1 Å². The third-order valence-corrected chi connectivity index (χ3v) is 2.24. The van der Waals surface area contributed by atoms with Gasteiger partial charge in [0.2, 0.25) is 0 Å². The third kappa shape index (κ3) is 2.21. The Hall–Kier alpha value is -2.48. The predicted molar refractivity (Wildman–Crippen MR) is 61.3 cm³/mol. The molecular weight excluding hydrogens is 219 g/mol. The summed E-state index contributed by atoms with van der Waals surface area (Å²) in [6.07, 6.45) is 1.33. The Kier molecular flexibility index (Phi) is 2.71. The maximum atomic E-state index is 13.2. The van der Waals surface area contributed by atoms with E-state index in [2.05, 4.69) is 9.97 Å². The van der Waals surface area contributed by atoms with Crippen molar-refractivity contribution < 1.29 is 4.39 Å². The molecule has 0 amide bonds. The SMILES string of the molecule is Cc1cc(F)cc(-c2ncc(C#N)c(N)n2)c1. The van der Waals surface area contributed by atoms with E-state index in [-0.39, 0.29) is 17.2 Å². The lowest BCUT2D eigenvalue weighted by Gasteiger charge is -2.03. The number of nitriles is 1. The van der Waals surface area contributed by atoms with Gasteiger partial charge in [0.1, 0.15) is 23.3 Å². The Morgan fingerprint density at radius 2 is 2.12 bits per heavy atom. The molecule has 0 unspecified atom stereocenters. The molecule has 0 bridgehead atoms. The first-order chi connectivity index (χ1) is 8.10. The monoisotopic (exact) mass is 228 g/mol. The van der Waals surface area contributed by atoms with E-state index in [0.717, 1.165) is 5.56 Å². The molecule has 1 aromatic carbocycles. The number of halogens is 1. The molecule has 2 N–H and O–H groups in total. The van der Waals surface area contributed by atoms with Gasteiger partial charge in [-0.2, -0.15) is 5.26 Å². The number of aromatic nitrogens is 2. The van der Waals surface area contributed by atoms with Gasteiger partial charge in [-0.05, 0) is 30.7 Å². The van der Waals surface area contributed by atoms with Gasteiger partial charge in [0.15, 0.2) is 5.82 Å². The highest BCUT2D eigenvalue weighted by Gasteiger charge is 2.07. The Bertz CT molecular complexity index is 596. The number of anilines is 1. The minimum atomic E-state index is -0.355. The van der Waals surface area contributed by atoms with Gasteiger partial charge in [0, 0.05) is 5.56 Å². The molecular formula is C12H9FN4. The topological polar surface area (TPSA) is 75.6 Å². The van der Waals surface area contributed by atoms with Crippen LogP contribution in [0, 0.1) is 24.1 Å². The highest BCUT2D eigenvalue weighted by molar-refractivity contribution is 5.60. The fourth-order valence-corrected chi connectivity index (χ4v) is 1.49. The van der Waals surface area contributed by atoms with E-state index in [9.17, 15) is 4.39 Å². The quantitative estimate of drug-likeness (QED) is 0.810. The normalized spacial score (nSPS) is 9.94. The molecule has 0 aliphatic heterocycles. The molecule has 5 heteroatoms. The zero-order valence-electron chi connectivity index (χ0n) is 9.11. The van der Waals surface area contributed by atoms with E-state index in [1.165, 1.54) is 18.3 Å². The summed E-state index contributed by atoms with van der Waals surface area (Å²) in [7, 11) is 0. The van der Waals surface area contributed by atoms with Gasteiger partial charge in [-0.3, -0.25) is 0 Å². The smallest absolute Gasteiger partial charge is 0.161 e. The molecule has 1 heterocycles. The van der Waals surface area contributed by atoms with Crippen LogP contribution in [0.2, 0.25) is 0 Å². The number of nitrogen functional groups attached to an aromatic ring is 1. The Labute approximate surface area is 97.6 Å². The lowest BCUT2D eigenvalue weighted by molar-refractivity contribution is 0.627. The molecule has 2 aromatic rings. The second-order valence-corrected chi connectivity index (χ2v) is 3.62. The van der Waals surface area contributed by atoms with Crippen LogP contribution in [-0.2, 0) is 0 Å². The molecule has 2 rings (SSSR count). The summed E-state index contributed by atoms with van der Waals surface area (Å²) in [5, 5.41) is 8.70. The summed E-state index contributed by atoms with van der Waals surface area (Å²) in [4.78, 5) is 7.96. The lowest BCUT2D eigenvalue weighted by Crippen LogP contribution is -1.99. The number of nitrogens with two attached hydrogens (primary N) is 1. The highest BCUT2D eigenvalue weighted by atomic mass is 19.1. The largest absolute Gasteiger partial charge is 0.382 e. The summed E-state index contributed by atoms with van der Waals surface area (Å²) in [5.74, 6) is 0.0510. The van der Waals surface area contributed by atoms with Gasteiger partial charge in [0.05, 0.1) is 6.20 Å². The molecule has 0 saturated heterocycles. The van der Waals surface area contributed by atoms with E-state index in [1.807, 2.05) is 6.07 Å². The van der Waals surface area contributed by atoms with E-state index in [1.54, 1.807) is 13.0 Å². The number of nitrogens with zero attached hydrogens (tertiary/aromatic N) is 3. The number of benzene rings is 1. The van der Waals surface area contributed by atoms with E-state index < -0.39 is 0 Å². The molecule has 1 aromatic heterocycles. The summed E-state index contributed by atoms with van der Waals surface area (Å²) < 4.78 is 13.2. The van der Waals surface area contributed by atoms with Gasteiger partial charge in [-0.1, -0.05) is 0 Å². The van der Waals surface area contributed by atoms with Crippen molar-refractivity contribution in [3.8, 4) is 17.5 Å². The van der Waals surface area contributed by atoms with Gasteiger partial charge < -0.3 is 5.73 Å². The van der Waals surface area contributed by atoms with Crippen molar-refractivity contribution in [3.05, 3.63) is 41.3 Å². The van der Waals surface area contributed by atoms with Crippen molar-refractivity contribution in [2.75, 3.05) is 5.73 Å². The van der Waals surface area contributed by atoms with Crippen LogP contribution in [-0.4, -0.2) is 9.97 Å². The highest BCUT2D eigenvalue weighted by Crippen LogP contribution is 2.19. The predicted octanol–water partition coefficient (Wildman–Crippen LogP) is 2.04. The van der Waals surface area contributed by atoms with Crippen molar-refractivity contribution in [1.82, 2.24) is 9.97 Å². The van der Waals surface area contributed by atoms with Crippen LogP contribution >= 0.6 is 0 Å². The minimum absolute atomic E-state index is 0.0967. The minimum Gasteiger partial charge on any atom is -0.382 e. The van der Waals surface area contributed by atoms with Crippen LogP contribution in [0.25, 0.3) is 11.4 Å². The fraction of sp³-hybridized carbons (Fsp3) is 0.0833. The zero-order chi connectivity index (χ0) is 12.4. The van der Waals surface area contributed by atoms with Crippen LogP contribution in [0.4, 0.5) is 10.2 Å². The van der Waals surface area contributed by atoms with Gasteiger partial charge in [-0.25, -0.2) is 14.4 Å². The Morgan fingerprint density at radius 1 is 1.35 bits per heavy atom. The molecule has 0 aliphatic carbocycles. The third-order valence-electron chi connectivity index (χ3n) is 2.24.